The van der Waals surface area contributed by atoms with Gasteiger partial charge < -0.3 is 10.0 Å². The molecular formula is C16H23NO2S. The van der Waals surface area contributed by atoms with Crippen LogP contribution in [0.25, 0.3) is 0 Å². The molecule has 2 heterocycles. The minimum Gasteiger partial charge on any atom is -0.393 e. The first-order valence-electron chi connectivity index (χ1n) is 7.61. The van der Waals surface area contributed by atoms with Gasteiger partial charge in [-0.25, -0.2) is 0 Å². The number of rotatable bonds is 4. The number of hydrogen-bond acceptors (Lipinski definition) is 3. The van der Waals surface area contributed by atoms with E-state index in [0.29, 0.717) is 11.8 Å². The van der Waals surface area contributed by atoms with Gasteiger partial charge in [0.15, 0.2) is 0 Å². The van der Waals surface area contributed by atoms with Crippen molar-refractivity contribution in [1.82, 2.24) is 4.90 Å². The first-order chi connectivity index (χ1) is 9.56. The standard InChI is InChI=1S/C16H23NO2S/c1-10(18)8-12-4-3-7-17(12)16(19)14-9-13(14)15-6-5-11(2)20-15/h5-6,10,12-14,18H,3-4,7-9H2,1-2H3. The molecule has 20 heavy (non-hydrogen) atoms. The van der Waals surface area contributed by atoms with E-state index in [2.05, 4.69) is 19.1 Å². The van der Waals surface area contributed by atoms with Gasteiger partial charge in [0, 0.05) is 34.2 Å². The number of aryl methyl sites for hydroxylation is 1. The van der Waals surface area contributed by atoms with Crippen LogP contribution in [0.5, 0.6) is 0 Å². The van der Waals surface area contributed by atoms with Crippen LogP contribution in [0.3, 0.4) is 0 Å². The van der Waals surface area contributed by atoms with Crippen LogP contribution in [0.15, 0.2) is 12.1 Å². The van der Waals surface area contributed by atoms with Crippen molar-refractivity contribution in [2.24, 2.45) is 5.92 Å². The lowest BCUT2D eigenvalue weighted by molar-refractivity contribution is -0.133. The first-order valence-corrected chi connectivity index (χ1v) is 8.43. The van der Waals surface area contributed by atoms with Gasteiger partial charge in [0.1, 0.15) is 0 Å². The molecule has 4 atom stereocenters. The molecule has 110 valence electrons. The first kappa shape index (κ1) is 14.1. The Hall–Kier alpha value is -0.870. The summed E-state index contributed by atoms with van der Waals surface area (Å²) in [4.78, 5) is 17.4. The van der Waals surface area contributed by atoms with Gasteiger partial charge in [0.2, 0.25) is 5.91 Å². The molecule has 0 bridgehead atoms. The van der Waals surface area contributed by atoms with E-state index < -0.39 is 0 Å². The van der Waals surface area contributed by atoms with Crippen LogP contribution in [-0.2, 0) is 4.79 Å². The Labute approximate surface area is 124 Å². The average molecular weight is 293 g/mol. The summed E-state index contributed by atoms with van der Waals surface area (Å²) in [5.41, 5.74) is 0. The molecule has 1 N–H and O–H groups in total. The molecule has 1 aliphatic carbocycles. The summed E-state index contributed by atoms with van der Waals surface area (Å²) in [6.07, 6.45) is 3.55. The predicted octanol–water partition coefficient (Wildman–Crippen LogP) is 2.92. The minimum absolute atomic E-state index is 0.197. The van der Waals surface area contributed by atoms with Gasteiger partial charge in [-0.3, -0.25) is 4.79 Å². The maximum atomic E-state index is 12.6. The van der Waals surface area contributed by atoms with E-state index in [9.17, 15) is 9.90 Å². The van der Waals surface area contributed by atoms with E-state index in [0.717, 1.165) is 32.2 Å². The molecule has 0 radical (unpaired) electrons. The molecule has 0 aromatic carbocycles. The zero-order chi connectivity index (χ0) is 14.3. The Bertz CT molecular complexity index is 496. The summed E-state index contributed by atoms with van der Waals surface area (Å²) in [7, 11) is 0. The molecule has 1 saturated carbocycles. The van der Waals surface area contributed by atoms with Crippen molar-refractivity contribution in [3.63, 3.8) is 0 Å². The Morgan fingerprint density at radius 1 is 1.55 bits per heavy atom. The molecule has 2 fully saturated rings. The molecule has 2 aliphatic rings. The number of likely N-dealkylation sites (tertiary alicyclic amines) is 1. The van der Waals surface area contributed by atoms with Gasteiger partial charge in [-0.05, 0) is 51.7 Å². The van der Waals surface area contributed by atoms with Gasteiger partial charge in [-0.1, -0.05) is 0 Å². The maximum Gasteiger partial charge on any atom is 0.226 e. The molecular weight excluding hydrogens is 270 g/mol. The Morgan fingerprint density at radius 2 is 2.35 bits per heavy atom. The highest BCUT2D eigenvalue weighted by Gasteiger charge is 2.48. The summed E-state index contributed by atoms with van der Waals surface area (Å²) < 4.78 is 0. The van der Waals surface area contributed by atoms with E-state index in [1.807, 2.05) is 23.2 Å². The van der Waals surface area contributed by atoms with Crippen molar-refractivity contribution >= 4 is 17.2 Å². The highest BCUT2D eigenvalue weighted by atomic mass is 32.1. The maximum absolute atomic E-state index is 12.6. The van der Waals surface area contributed by atoms with Crippen LogP contribution < -0.4 is 0 Å². The zero-order valence-electron chi connectivity index (χ0n) is 12.2. The number of aliphatic hydroxyl groups is 1. The summed E-state index contributed by atoms with van der Waals surface area (Å²) in [5.74, 6) is 0.973. The van der Waals surface area contributed by atoms with Crippen molar-refractivity contribution in [3.05, 3.63) is 21.9 Å². The van der Waals surface area contributed by atoms with Crippen LogP contribution in [-0.4, -0.2) is 34.6 Å². The third-order valence-electron chi connectivity index (χ3n) is 4.51. The minimum atomic E-state index is -0.316. The lowest BCUT2D eigenvalue weighted by Crippen LogP contribution is -2.38. The third-order valence-corrected chi connectivity index (χ3v) is 5.64. The Morgan fingerprint density at radius 3 is 3.00 bits per heavy atom. The smallest absolute Gasteiger partial charge is 0.226 e. The van der Waals surface area contributed by atoms with Crippen molar-refractivity contribution in [3.8, 4) is 0 Å². The normalized spacial score (nSPS) is 30.6. The zero-order valence-corrected chi connectivity index (χ0v) is 13.0. The monoisotopic (exact) mass is 293 g/mol. The number of hydrogen-bond donors (Lipinski definition) is 1. The highest BCUT2D eigenvalue weighted by Crippen LogP contribution is 2.51. The van der Waals surface area contributed by atoms with Crippen molar-refractivity contribution < 1.29 is 9.90 Å². The van der Waals surface area contributed by atoms with E-state index in [1.54, 1.807) is 0 Å². The fourth-order valence-corrected chi connectivity index (χ4v) is 4.47. The number of carbonyl (C=O) groups is 1. The molecule has 4 heteroatoms. The van der Waals surface area contributed by atoms with Gasteiger partial charge >= 0.3 is 0 Å². The summed E-state index contributed by atoms with van der Waals surface area (Å²) in [5, 5.41) is 9.56. The second-order valence-electron chi connectivity index (χ2n) is 6.31. The van der Waals surface area contributed by atoms with Crippen LogP contribution >= 0.6 is 11.3 Å². The summed E-state index contributed by atoms with van der Waals surface area (Å²) in [6, 6.07) is 4.58. The van der Waals surface area contributed by atoms with Gasteiger partial charge in [0.05, 0.1) is 6.10 Å². The topological polar surface area (TPSA) is 40.5 Å². The van der Waals surface area contributed by atoms with E-state index in [-0.39, 0.29) is 18.1 Å². The van der Waals surface area contributed by atoms with E-state index in [4.69, 9.17) is 0 Å². The molecule has 1 aromatic rings. The fourth-order valence-electron chi connectivity index (χ4n) is 3.41. The third kappa shape index (κ3) is 2.77. The second kappa shape index (κ2) is 5.49. The van der Waals surface area contributed by atoms with Crippen molar-refractivity contribution in [2.45, 2.75) is 57.6 Å². The average Bonchev–Trinajstić information content (AvgIpc) is 2.86. The molecule has 3 rings (SSSR count). The van der Waals surface area contributed by atoms with Crippen LogP contribution in [0.1, 0.15) is 48.3 Å². The van der Waals surface area contributed by atoms with Gasteiger partial charge in [0.25, 0.3) is 0 Å². The quantitative estimate of drug-likeness (QED) is 0.927. The lowest BCUT2D eigenvalue weighted by atomic mass is 10.1. The van der Waals surface area contributed by atoms with Crippen molar-refractivity contribution in [1.29, 1.82) is 0 Å². The molecule has 1 aliphatic heterocycles. The Kier molecular flexibility index (Phi) is 3.87. The van der Waals surface area contributed by atoms with Crippen LogP contribution in [0.4, 0.5) is 0 Å². The molecule has 4 unspecified atom stereocenters. The second-order valence-corrected chi connectivity index (χ2v) is 7.63. The molecule has 1 aromatic heterocycles. The van der Waals surface area contributed by atoms with Crippen molar-refractivity contribution in [2.75, 3.05) is 6.54 Å². The van der Waals surface area contributed by atoms with Gasteiger partial charge in [-0.15, -0.1) is 11.3 Å². The molecule has 1 amide bonds. The van der Waals surface area contributed by atoms with Crippen LogP contribution in [0.2, 0.25) is 0 Å². The highest BCUT2D eigenvalue weighted by molar-refractivity contribution is 7.12. The SMILES string of the molecule is Cc1ccc(C2CC2C(=O)N2CCCC2CC(C)O)s1. The molecule has 0 spiro atoms. The van der Waals surface area contributed by atoms with E-state index in [1.165, 1.54) is 9.75 Å². The number of aliphatic hydroxyl groups excluding tert-OH is 1. The molecule has 3 nitrogen and oxygen atoms in total. The fraction of sp³-hybridized carbons (Fsp3) is 0.688. The summed E-state index contributed by atoms with van der Waals surface area (Å²) >= 11 is 1.82. The number of carbonyl (C=O) groups excluding carboxylic acids is 1. The van der Waals surface area contributed by atoms with Crippen LogP contribution in [0, 0.1) is 12.8 Å². The summed E-state index contributed by atoms with van der Waals surface area (Å²) in [6.45, 7) is 4.81. The van der Waals surface area contributed by atoms with E-state index >= 15 is 0 Å². The number of amides is 1. The van der Waals surface area contributed by atoms with Gasteiger partial charge in [-0.2, -0.15) is 0 Å². The predicted molar refractivity (Wildman–Crippen MR) is 80.9 cm³/mol. The Balaban J connectivity index is 1.62. The number of thiophene rings is 1. The molecule has 1 saturated heterocycles. The lowest BCUT2D eigenvalue weighted by Gasteiger charge is -2.26. The number of nitrogens with zero attached hydrogens (tertiary/aromatic N) is 1. The largest absolute Gasteiger partial charge is 0.393 e.